The van der Waals surface area contributed by atoms with Gasteiger partial charge in [-0.15, -0.1) is 0 Å². The quantitative estimate of drug-likeness (QED) is 0.748. The largest absolute Gasteiger partial charge is 0.487 e. The first-order valence-electron chi connectivity index (χ1n) is 7.19. The fourth-order valence-electron chi connectivity index (χ4n) is 2.59. The van der Waals surface area contributed by atoms with Gasteiger partial charge >= 0.3 is 0 Å². The van der Waals surface area contributed by atoms with Crippen LogP contribution in [0.3, 0.4) is 0 Å². The summed E-state index contributed by atoms with van der Waals surface area (Å²) >= 11 is 0. The van der Waals surface area contributed by atoms with Crippen LogP contribution in [0.2, 0.25) is 0 Å². The summed E-state index contributed by atoms with van der Waals surface area (Å²) in [6.07, 6.45) is 1.25. The Morgan fingerprint density at radius 3 is 3.00 bits per heavy atom. The van der Waals surface area contributed by atoms with E-state index in [2.05, 4.69) is 37.4 Å². The highest BCUT2D eigenvalue weighted by Gasteiger charge is 2.31. The number of benzene rings is 1. The Labute approximate surface area is 121 Å². The number of ether oxygens (including phenoxy) is 2. The molecule has 1 unspecified atom stereocenters. The second-order valence-corrected chi connectivity index (χ2v) is 6.02. The molecule has 0 saturated heterocycles. The van der Waals surface area contributed by atoms with Gasteiger partial charge in [0.05, 0.1) is 12.7 Å². The Kier molecular flexibility index (Phi) is 5.02. The summed E-state index contributed by atoms with van der Waals surface area (Å²) in [4.78, 5) is 0. The molecule has 20 heavy (non-hydrogen) atoms. The van der Waals surface area contributed by atoms with Gasteiger partial charge in [0.25, 0.3) is 0 Å². The van der Waals surface area contributed by atoms with Gasteiger partial charge in [-0.25, -0.2) is 0 Å². The molecule has 4 heteroatoms. The van der Waals surface area contributed by atoms with E-state index in [1.54, 1.807) is 7.11 Å². The Balaban J connectivity index is 1.85. The number of methoxy groups -OCH3 is 1. The maximum atomic E-state index is 9.58. The van der Waals surface area contributed by atoms with E-state index in [1.807, 2.05) is 0 Å². The van der Waals surface area contributed by atoms with Gasteiger partial charge in [-0.2, -0.15) is 0 Å². The van der Waals surface area contributed by atoms with Crippen molar-refractivity contribution in [1.82, 2.24) is 5.32 Å². The maximum Gasteiger partial charge on any atom is 0.127 e. The zero-order valence-corrected chi connectivity index (χ0v) is 12.6. The van der Waals surface area contributed by atoms with Gasteiger partial charge in [0, 0.05) is 25.6 Å². The molecule has 0 amide bonds. The molecule has 1 aliphatic heterocycles. The van der Waals surface area contributed by atoms with Gasteiger partial charge in [0.2, 0.25) is 0 Å². The number of nitrogens with one attached hydrogen (secondary N) is 1. The molecule has 0 bridgehead atoms. The van der Waals surface area contributed by atoms with Crippen molar-refractivity contribution in [3.8, 4) is 5.75 Å². The van der Waals surface area contributed by atoms with Crippen molar-refractivity contribution in [1.29, 1.82) is 0 Å². The van der Waals surface area contributed by atoms with Crippen LogP contribution in [0.15, 0.2) is 18.2 Å². The Morgan fingerprint density at radius 2 is 2.25 bits per heavy atom. The average Bonchev–Trinajstić information content (AvgIpc) is 2.69. The van der Waals surface area contributed by atoms with Crippen molar-refractivity contribution in [2.45, 2.75) is 44.9 Å². The lowest BCUT2D eigenvalue weighted by Gasteiger charge is -2.18. The van der Waals surface area contributed by atoms with Gasteiger partial charge in [0.1, 0.15) is 11.4 Å². The van der Waals surface area contributed by atoms with Crippen molar-refractivity contribution < 1.29 is 14.6 Å². The number of fused-ring (bicyclic) bond motifs is 1. The number of rotatable bonds is 7. The van der Waals surface area contributed by atoms with Crippen LogP contribution >= 0.6 is 0 Å². The molecule has 2 N–H and O–H groups in total. The highest BCUT2D eigenvalue weighted by molar-refractivity contribution is 5.45. The first-order chi connectivity index (χ1) is 9.52. The Morgan fingerprint density at radius 1 is 1.45 bits per heavy atom. The van der Waals surface area contributed by atoms with E-state index in [-0.39, 0.29) is 5.60 Å². The lowest BCUT2D eigenvalue weighted by molar-refractivity contribution is 0.0594. The van der Waals surface area contributed by atoms with Crippen molar-refractivity contribution in [2.24, 2.45) is 0 Å². The van der Waals surface area contributed by atoms with Gasteiger partial charge in [-0.3, -0.25) is 0 Å². The molecule has 0 spiro atoms. The highest BCUT2D eigenvalue weighted by atomic mass is 16.5. The molecule has 1 heterocycles. The summed E-state index contributed by atoms with van der Waals surface area (Å²) in [6, 6.07) is 6.31. The monoisotopic (exact) mass is 279 g/mol. The minimum absolute atomic E-state index is 0.104. The minimum atomic E-state index is -0.399. The zero-order chi connectivity index (χ0) is 14.6. The van der Waals surface area contributed by atoms with E-state index < -0.39 is 6.10 Å². The summed E-state index contributed by atoms with van der Waals surface area (Å²) in [5, 5.41) is 12.9. The lowest BCUT2D eigenvalue weighted by atomic mass is 10.0. The van der Waals surface area contributed by atoms with Crippen LogP contribution in [0.4, 0.5) is 0 Å². The van der Waals surface area contributed by atoms with Gasteiger partial charge < -0.3 is 19.9 Å². The Hall–Kier alpha value is -1.10. The number of aliphatic hydroxyl groups is 1. The third-order valence-electron chi connectivity index (χ3n) is 3.50. The fourth-order valence-corrected chi connectivity index (χ4v) is 2.59. The molecule has 1 aromatic rings. The Bertz CT molecular complexity index is 445. The molecular weight excluding hydrogens is 254 g/mol. The van der Waals surface area contributed by atoms with Crippen molar-refractivity contribution in [3.05, 3.63) is 29.3 Å². The van der Waals surface area contributed by atoms with Crippen LogP contribution in [0, 0.1) is 0 Å². The van der Waals surface area contributed by atoms with Crippen LogP contribution in [-0.4, -0.2) is 37.1 Å². The molecular formula is C16H25NO3. The fraction of sp³-hybridized carbons (Fsp3) is 0.625. The normalized spacial score (nSPS) is 17.6. The standard InChI is InChI=1S/C16H25NO3/c1-16(2)9-12-5-4-6-13(15(12)20-16)10-17-8-7-14(18)11-19-3/h4-6,14,17-18H,7-11H2,1-3H3. The predicted octanol–water partition coefficient (Wildman–Crippen LogP) is 1.89. The minimum Gasteiger partial charge on any atom is -0.487 e. The molecule has 0 saturated carbocycles. The van der Waals surface area contributed by atoms with E-state index in [0.717, 1.165) is 25.3 Å². The summed E-state index contributed by atoms with van der Waals surface area (Å²) in [7, 11) is 1.60. The van der Waals surface area contributed by atoms with Gasteiger partial charge in [0.15, 0.2) is 0 Å². The van der Waals surface area contributed by atoms with E-state index >= 15 is 0 Å². The van der Waals surface area contributed by atoms with Crippen LogP contribution in [-0.2, 0) is 17.7 Å². The molecule has 0 radical (unpaired) electrons. The second-order valence-electron chi connectivity index (χ2n) is 6.02. The average molecular weight is 279 g/mol. The van der Waals surface area contributed by atoms with E-state index in [0.29, 0.717) is 13.0 Å². The van der Waals surface area contributed by atoms with Crippen molar-refractivity contribution in [3.63, 3.8) is 0 Å². The molecule has 0 aliphatic carbocycles. The summed E-state index contributed by atoms with van der Waals surface area (Å²) in [5.74, 6) is 1.03. The first kappa shape index (κ1) is 15.3. The van der Waals surface area contributed by atoms with E-state index in [4.69, 9.17) is 9.47 Å². The van der Waals surface area contributed by atoms with Crippen molar-refractivity contribution in [2.75, 3.05) is 20.3 Å². The third kappa shape index (κ3) is 3.95. The number of para-hydroxylation sites is 1. The SMILES string of the molecule is COCC(O)CCNCc1cccc2c1OC(C)(C)C2. The van der Waals surface area contributed by atoms with Crippen molar-refractivity contribution >= 4 is 0 Å². The van der Waals surface area contributed by atoms with Gasteiger partial charge in [-0.1, -0.05) is 18.2 Å². The van der Waals surface area contributed by atoms with Crippen LogP contribution in [0.25, 0.3) is 0 Å². The molecule has 0 fully saturated rings. The molecule has 1 aromatic carbocycles. The molecule has 1 aliphatic rings. The molecule has 4 nitrogen and oxygen atoms in total. The molecule has 112 valence electrons. The van der Waals surface area contributed by atoms with Crippen LogP contribution in [0.5, 0.6) is 5.75 Å². The highest BCUT2D eigenvalue weighted by Crippen LogP contribution is 2.37. The van der Waals surface area contributed by atoms with E-state index in [1.165, 1.54) is 11.1 Å². The number of aliphatic hydroxyl groups excluding tert-OH is 1. The zero-order valence-electron chi connectivity index (χ0n) is 12.6. The molecule has 1 atom stereocenters. The number of hydrogen-bond donors (Lipinski definition) is 2. The van der Waals surface area contributed by atoms with Crippen LogP contribution in [0.1, 0.15) is 31.4 Å². The third-order valence-corrected chi connectivity index (χ3v) is 3.50. The summed E-state index contributed by atoms with van der Waals surface area (Å²) < 4.78 is 10.9. The lowest BCUT2D eigenvalue weighted by Crippen LogP contribution is -2.25. The molecule has 2 rings (SSSR count). The van der Waals surface area contributed by atoms with Crippen LogP contribution < -0.4 is 10.1 Å². The summed E-state index contributed by atoms with van der Waals surface area (Å²) in [5.41, 5.74) is 2.37. The second kappa shape index (κ2) is 6.57. The maximum absolute atomic E-state index is 9.58. The smallest absolute Gasteiger partial charge is 0.127 e. The predicted molar refractivity (Wildman–Crippen MR) is 79.1 cm³/mol. The van der Waals surface area contributed by atoms with E-state index in [9.17, 15) is 5.11 Å². The van der Waals surface area contributed by atoms with Gasteiger partial charge in [-0.05, 0) is 32.4 Å². The first-order valence-corrected chi connectivity index (χ1v) is 7.19. The summed E-state index contributed by atoms with van der Waals surface area (Å²) in [6.45, 7) is 6.15. The molecule has 0 aromatic heterocycles. The number of hydrogen-bond acceptors (Lipinski definition) is 4. The topological polar surface area (TPSA) is 50.7 Å².